The third-order valence-corrected chi connectivity index (χ3v) is 8.96. The normalized spacial score (nSPS) is 30.1. The van der Waals surface area contributed by atoms with E-state index in [1.807, 2.05) is 0 Å². The van der Waals surface area contributed by atoms with Crippen molar-refractivity contribution < 1.29 is 22.4 Å². The maximum absolute atomic E-state index is 13.5. The van der Waals surface area contributed by atoms with Gasteiger partial charge >= 0.3 is 0 Å². The van der Waals surface area contributed by atoms with Crippen molar-refractivity contribution in [3.05, 3.63) is 59.9 Å². The lowest BCUT2D eigenvalue weighted by Gasteiger charge is -2.58. The summed E-state index contributed by atoms with van der Waals surface area (Å²) in [6, 6.07) is 10.9. The van der Waals surface area contributed by atoms with E-state index < -0.39 is 21.3 Å². The standard InChI is InChI=1S/C24H26FN3O4S/c25-18-4-2-6-20(10-18)33(31,32)28-19-5-1-3-15(9-19)22(29)27-21-16-7-14-8-17(21)13-24(11-14,12-16)23(26)30/h1-6,9-10,14,16-17,21,28H,7-8,11-13H2,(H2,26,30)(H,27,29). The summed E-state index contributed by atoms with van der Waals surface area (Å²) in [5.41, 5.74) is 5.86. The lowest BCUT2D eigenvalue weighted by molar-refractivity contribution is -0.145. The summed E-state index contributed by atoms with van der Waals surface area (Å²) in [6.07, 6.45) is 4.28. The van der Waals surface area contributed by atoms with Crippen molar-refractivity contribution in [2.24, 2.45) is 28.9 Å². The Morgan fingerprint density at radius 2 is 1.70 bits per heavy atom. The van der Waals surface area contributed by atoms with Gasteiger partial charge in [-0.15, -0.1) is 0 Å². The number of hydrogen-bond donors (Lipinski definition) is 3. The van der Waals surface area contributed by atoms with Crippen LogP contribution in [0.5, 0.6) is 0 Å². The van der Waals surface area contributed by atoms with Gasteiger partial charge in [-0.25, -0.2) is 12.8 Å². The molecule has 0 saturated heterocycles. The number of carbonyl (C=O) groups is 2. The van der Waals surface area contributed by atoms with Crippen molar-refractivity contribution in [2.45, 2.75) is 43.0 Å². The molecule has 4 N–H and O–H groups in total. The van der Waals surface area contributed by atoms with E-state index in [2.05, 4.69) is 10.0 Å². The molecule has 7 nitrogen and oxygen atoms in total. The molecule has 4 bridgehead atoms. The van der Waals surface area contributed by atoms with E-state index in [9.17, 15) is 22.4 Å². The minimum absolute atomic E-state index is 0.0193. The lowest BCUT2D eigenvalue weighted by atomic mass is 9.47. The second kappa shape index (κ2) is 7.83. The summed E-state index contributed by atoms with van der Waals surface area (Å²) in [4.78, 5) is 25.0. The number of anilines is 1. The molecule has 4 aliphatic carbocycles. The number of carbonyl (C=O) groups excluding carboxylic acids is 2. The molecule has 4 saturated carbocycles. The van der Waals surface area contributed by atoms with E-state index in [1.165, 1.54) is 30.3 Å². The third kappa shape index (κ3) is 3.99. The van der Waals surface area contributed by atoms with Crippen LogP contribution in [0, 0.1) is 29.0 Å². The summed E-state index contributed by atoms with van der Waals surface area (Å²) in [5.74, 6) is -0.217. The van der Waals surface area contributed by atoms with Gasteiger partial charge in [-0.05, 0) is 86.3 Å². The van der Waals surface area contributed by atoms with Crippen LogP contribution in [-0.2, 0) is 14.8 Å². The van der Waals surface area contributed by atoms with Crippen LogP contribution < -0.4 is 15.8 Å². The molecule has 0 aromatic heterocycles. The highest BCUT2D eigenvalue weighted by atomic mass is 32.2. The molecule has 2 unspecified atom stereocenters. The second-order valence-electron chi connectivity index (χ2n) is 9.76. The van der Waals surface area contributed by atoms with Crippen molar-refractivity contribution in [2.75, 3.05) is 4.72 Å². The first kappa shape index (κ1) is 21.9. The number of hydrogen-bond acceptors (Lipinski definition) is 4. The van der Waals surface area contributed by atoms with Crippen LogP contribution in [0.15, 0.2) is 53.4 Å². The molecule has 4 aliphatic rings. The van der Waals surface area contributed by atoms with Crippen molar-refractivity contribution in [1.82, 2.24) is 5.32 Å². The second-order valence-corrected chi connectivity index (χ2v) is 11.4. The third-order valence-electron chi connectivity index (χ3n) is 7.58. The van der Waals surface area contributed by atoms with E-state index >= 15 is 0 Å². The lowest BCUT2D eigenvalue weighted by Crippen LogP contribution is -2.62. The molecule has 2 aromatic rings. The van der Waals surface area contributed by atoms with E-state index in [1.54, 1.807) is 12.1 Å². The van der Waals surface area contributed by atoms with Crippen molar-refractivity contribution >= 4 is 27.5 Å². The number of amides is 2. The molecule has 9 heteroatoms. The first-order chi connectivity index (χ1) is 15.6. The average molecular weight is 472 g/mol. The first-order valence-corrected chi connectivity index (χ1v) is 12.6. The number of nitrogens with two attached hydrogens (primary N) is 1. The van der Waals surface area contributed by atoms with E-state index in [0.717, 1.165) is 25.3 Å². The molecule has 4 fully saturated rings. The van der Waals surface area contributed by atoms with Gasteiger partial charge in [-0.2, -0.15) is 0 Å². The van der Waals surface area contributed by atoms with Crippen LogP contribution in [0.2, 0.25) is 0 Å². The first-order valence-electron chi connectivity index (χ1n) is 11.1. The molecule has 0 radical (unpaired) electrons. The minimum atomic E-state index is -4.00. The van der Waals surface area contributed by atoms with Crippen molar-refractivity contribution in [1.29, 1.82) is 0 Å². The molecule has 6 rings (SSSR count). The smallest absolute Gasteiger partial charge is 0.261 e. The highest BCUT2D eigenvalue weighted by Crippen LogP contribution is 2.59. The maximum atomic E-state index is 13.5. The fraction of sp³-hybridized carbons (Fsp3) is 0.417. The average Bonchev–Trinajstić information content (AvgIpc) is 2.75. The van der Waals surface area contributed by atoms with Gasteiger partial charge in [0.2, 0.25) is 5.91 Å². The van der Waals surface area contributed by atoms with Gasteiger partial charge in [0.05, 0.1) is 4.90 Å². The van der Waals surface area contributed by atoms with Crippen LogP contribution in [-0.4, -0.2) is 26.3 Å². The molecule has 2 amide bonds. The fourth-order valence-electron chi connectivity index (χ4n) is 6.37. The number of rotatable bonds is 6. The monoisotopic (exact) mass is 471 g/mol. The molecular weight excluding hydrogens is 445 g/mol. The van der Waals surface area contributed by atoms with Gasteiger partial charge in [0.25, 0.3) is 15.9 Å². The predicted octanol–water partition coefficient (Wildman–Crippen LogP) is 3.04. The van der Waals surface area contributed by atoms with Crippen LogP contribution in [0.1, 0.15) is 42.5 Å². The van der Waals surface area contributed by atoms with Gasteiger partial charge < -0.3 is 11.1 Å². The molecule has 2 aromatic carbocycles. The summed E-state index contributed by atoms with van der Waals surface area (Å²) >= 11 is 0. The van der Waals surface area contributed by atoms with Crippen LogP contribution in [0.4, 0.5) is 10.1 Å². The molecule has 0 aliphatic heterocycles. The maximum Gasteiger partial charge on any atom is 0.261 e. The molecule has 0 heterocycles. The summed E-state index contributed by atoms with van der Waals surface area (Å²) in [5, 5.41) is 3.15. The molecule has 33 heavy (non-hydrogen) atoms. The Kier molecular flexibility index (Phi) is 5.19. The van der Waals surface area contributed by atoms with E-state index in [-0.39, 0.29) is 40.3 Å². The number of benzene rings is 2. The van der Waals surface area contributed by atoms with Gasteiger partial charge in [-0.1, -0.05) is 12.1 Å². The summed E-state index contributed by atoms with van der Waals surface area (Å²) in [7, 11) is -4.00. The molecular formula is C24H26FN3O4S. The largest absolute Gasteiger partial charge is 0.369 e. The zero-order valence-corrected chi connectivity index (χ0v) is 18.8. The van der Waals surface area contributed by atoms with Gasteiger partial charge in [0.1, 0.15) is 5.82 Å². The number of sulfonamides is 1. The van der Waals surface area contributed by atoms with E-state index in [4.69, 9.17) is 5.73 Å². The Bertz CT molecular complexity index is 1220. The SMILES string of the molecule is NC(=O)C12CC3CC(C1)C(NC(=O)c1cccc(NS(=O)(=O)c4cccc(F)c4)c1)C(C3)C2. The highest BCUT2D eigenvalue weighted by Gasteiger charge is 2.58. The zero-order valence-electron chi connectivity index (χ0n) is 18.0. The molecule has 2 atom stereocenters. The topological polar surface area (TPSA) is 118 Å². The van der Waals surface area contributed by atoms with Crippen LogP contribution in [0.3, 0.4) is 0 Å². The Hall–Kier alpha value is -2.94. The minimum Gasteiger partial charge on any atom is -0.369 e. The highest BCUT2D eigenvalue weighted by molar-refractivity contribution is 7.92. The zero-order chi connectivity index (χ0) is 23.4. The Morgan fingerprint density at radius 1 is 1.00 bits per heavy atom. The van der Waals surface area contributed by atoms with Gasteiger partial charge in [0, 0.05) is 22.7 Å². The van der Waals surface area contributed by atoms with Crippen molar-refractivity contribution in [3.8, 4) is 0 Å². The van der Waals surface area contributed by atoms with Gasteiger partial charge in [-0.3, -0.25) is 14.3 Å². The van der Waals surface area contributed by atoms with Crippen molar-refractivity contribution in [3.63, 3.8) is 0 Å². The predicted molar refractivity (Wildman–Crippen MR) is 120 cm³/mol. The summed E-state index contributed by atoms with van der Waals surface area (Å²) in [6.45, 7) is 0. The van der Waals surface area contributed by atoms with E-state index in [0.29, 0.717) is 24.3 Å². The van der Waals surface area contributed by atoms with Gasteiger partial charge in [0.15, 0.2) is 0 Å². The Labute approximate surface area is 192 Å². The fourth-order valence-corrected chi connectivity index (χ4v) is 7.45. The van der Waals surface area contributed by atoms with Crippen LogP contribution in [0.25, 0.3) is 0 Å². The number of primary amides is 1. The molecule has 174 valence electrons. The quantitative estimate of drug-likeness (QED) is 0.600. The summed E-state index contributed by atoms with van der Waals surface area (Å²) < 4.78 is 41.0. The Balaban J connectivity index is 1.31. The Morgan fingerprint density at radius 3 is 2.36 bits per heavy atom. The number of halogens is 1. The van der Waals surface area contributed by atoms with Crippen LogP contribution >= 0.6 is 0 Å². The molecule has 0 spiro atoms. The number of nitrogens with one attached hydrogen (secondary N) is 2.